The Morgan fingerprint density at radius 2 is 2.16 bits per heavy atom. The lowest BCUT2D eigenvalue weighted by Crippen LogP contribution is -2.51. The van der Waals surface area contributed by atoms with Crippen LogP contribution in [0.5, 0.6) is 0 Å². The van der Waals surface area contributed by atoms with E-state index >= 15 is 0 Å². The highest BCUT2D eigenvalue weighted by Crippen LogP contribution is 2.21. The number of hydrogen-bond donors (Lipinski definition) is 2. The first kappa shape index (κ1) is 12.6. The molecule has 4 nitrogen and oxygen atoms in total. The summed E-state index contributed by atoms with van der Waals surface area (Å²) in [6.45, 7) is 2.07. The molecule has 2 unspecified atom stereocenters. The molecule has 0 bridgehead atoms. The first-order valence-corrected chi connectivity index (χ1v) is 7.02. The molecule has 1 aliphatic heterocycles. The van der Waals surface area contributed by atoms with E-state index in [0.717, 1.165) is 25.8 Å². The molecular weight excluding hydrogens is 240 g/mol. The number of ether oxygens (including phenoxy) is 1. The monoisotopic (exact) mass is 260 g/mol. The zero-order valence-corrected chi connectivity index (χ0v) is 11.0. The molecule has 1 fully saturated rings. The molecule has 2 aliphatic rings. The Hall–Kier alpha value is -1.39. The van der Waals surface area contributed by atoms with Crippen molar-refractivity contribution in [3.05, 3.63) is 35.4 Å². The van der Waals surface area contributed by atoms with Gasteiger partial charge in [-0.05, 0) is 30.4 Å². The predicted molar refractivity (Wildman–Crippen MR) is 73.0 cm³/mol. The van der Waals surface area contributed by atoms with Crippen molar-refractivity contribution in [3.63, 3.8) is 0 Å². The van der Waals surface area contributed by atoms with Gasteiger partial charge in [-0.2, -0.15) is 0 Å². The van der Waals surface area contributed by atoms with Crippen LogP contribution in [0.1, 0.15) is 17.5 Å². The molecule has 1 saturated heterocycles. The van der Waals surface area contributed by atoms with Crippen LogP contribution in [0.4, 0.5) is 0 Å². The topological polar surface area (TPSA) is 50.4 Å². The Morgan fingerprint density at radius 1 is 1.32 bits per heavy atom. The third-order valence-electron chi connectivity index (χ3n) is 3.91. The number of benzene rings is 1. The van der Waals surface area contributed by atoms with Gasteiger partial charge in [0.25, 0.3) is 5.91 Å². The second kappa shape index (κ2) is 5.72. The van der Waals surface area contributed by atoms with Gasteiger partial charge >= 0.3 is 0 Å². The average molecular weight is 260 g/mol. The molecule has 4 heteroatoms. The van der Waals surface area contributed by atoms with E-state index in [9.17, 15) is 4.79 Å². The number of aryl methyl sites for hydroxylation is 1. The van der Waals surface area contributed by atoms with E-state index in [1.54, 1.807) is 0 Å². The summed E-state index contributed by atoms with van der Waals surface area (Å²) in [6, 6.07) is 8.73. The lowest BCUT2D eigenvalue weighted by molar-refractivity contribution is -0.135. The van der Waals surface area contributed by atoms with Crippen LogP contribution in [0.2, 0.25) is 0 Å². The second-order valence-corrected chi connectivity index (χ2v) is 5.28. The van der Waals surface area contributed by atoms with Gasteiger partial charge in [0.05, 0.1) is 6.61 Å². The van der Waals surface area contributed by atoms with Crippen LogP contribution < -0.4 is 10.6 Å². The number of fused-ring (bicyclic) bond motifs is 1. The summed E-state index contributed by atoms with van der Waals surface area (Å²) < 4.78 is 5.48. The lowest BCUT2D eigenvalue weighted by Gasteiger charge is -2.28. The molecule has 1 aromatic rings. The maximum atomic E-state index is 12.1. The van der Waals surface area contributed by atoms with Gasteiger partial charge in [-0.25, -0.2) is 0 Å². The van der Waals surface area contributed by atoms with E-state index in [4.69, 9.17) is 4.74 Å². The Morgan fingerprint density at radius 3 is 2.95 bits per heavy atom. The van der Waals surface area contributed by atoms with Gasteiger partial charge in [-0.3, -0.25) is 4.79 Å². The minimum atomic E-state index is -0.328. The van der Waals surface area contributed by atoms with Crippen molar-refractivity contribution in [3.8, 4) is 0 Å². The molecule has 3 rings (SSSR count). The van der Waals surface area contributed by atoms with Gasteiger partial charge in [0, 0.05) is 19.1 Å². The van der Waals surface area contributed by atoms with E-state index in [2.05, 4.69) is 34.9 Å². The van der Waals surface area contributed by atoms with E-state index < -0.39 is 0 Å². The van der Waals surface area contributed by atoms with E-state index in [1.807, 2.05) is 0 Å². The van der Waals surface area contributed by atoms with Crippen LogP contribution in [0.25, 0.3) is 0 Å². The van der Waals surface area contributed by atoms with Crippen LogP contribution in [0, 0.1) is 0 Å². The fraction of sp³-hybridized carbons (Fsp3) is 0.533. The first-order valence-electron chi connectivity index (χ1n) is 7.02. The molecule has 1 heterocycles. The van der Waals surface area contributed by atoms with Gasteiger partial charge in [-0.1, -0.05) is 24.3 Å². The third kappa shape index (κ3) is 2.96. The number of rotatable bonds is 2. The van der Waals surface area contributed by atoms with Crippen molar-refractivity contribution < 1.29 is 9.53 Å². The smallest absolute Gasteiger partial charge is 0.250 e. The Bertz CT molecular complexity index is 455. The Kier molecular flexibility index (Phi) is 3.80. The molecule has 0 aromatic heterocycles. The summed E-state index contributed by atoms with van der Waals surface area (Å²) in [6.07, 6.45) is 2.67. The van der Waals surface area contributed by atoms with E-state index in [1.165, 1.54) is 11.1 Å². The van der Waals surface area contributed by atoms with E-state index in [-0.39, 0.29) is 18.1 Å². The number of nitrogens with one attached hydrogen (secondary N) is 2. The normalized spacial score (nSPS) is 26.5. The van der Waals surface area contributed by atoms with Crippen molar-refractivity contribution >= 4 is 5.91 Å². The van der Waals surface area contributed by atoms with Gasteiger partial charge in [0.15, 0.2) is 0 Å². The van der Waals surface area contributed by atoms with Crippen LogP contribution in [0.15, 0.2) is 24.3 Å². The molecule has 1 aliphatic carbocycles. The number of carbonyl (C=O) groups excluding carboxylic acids is 1. The molecule has 2 N–H and O–H groups in total. The van der Waals surface area contributed by atoms with Gasteiger partial charge in [0.1, 0.15) is 6.10 Å². The van der Waals surface area contributed by atoms with Crippen molar-refractivity contribution in [2.75, 3.05) is 19.7 Å². The highest BCUT2D eigenvalue weighted by Gasteiger charge is 2.26. The number of hydrogen-bond acceptors (Lipinski definition) is 3. The average Bonchev–Trinajstić information content (AvgIpc) is 2.48. The zero-order chi connectivity index (χ0) is 13.1. The standard InChI is InChI=1S/C15H20N2O2/c18-15(14-10-16-7-8-19-14)17-13-6-5-11-3-1-2-4-12(11)9-13/h1-4,13-14,16H,5-10H2,(H,17,18). The molecule has 1 aromatic carbocycles. The lowest BCUT2D eigenvalue weighted by atomic mass is 9.88. The zero-order valence-electron chi connectivity index (χ0n) is 11.0. The van der Waals surface area contributed by atoms with Gasteiger partial charge in [-0.15, -0.1) is 0 Å². The quantitative estimate of drug-likeness (QED) is 0.821. The van der Waals surface area contributed by atoms with Crippen molar-refractivity contribution in [1.29, 1.82) is 0 Å². The highest BCUT2D eigenvalue weighted by atomic mass is 16.5. The maximum Gasteiger partial charge on any atom is 0.250 e. The number of amides is 1. The van der Waals surface area contributed by atoms with Crippen LogP contribution in [-0.2, 0) is 22.4 Å². The van der Waals surface area contributed by atoms with Crippen molar-refractivity contribution in [2.24, 2.45) is 0 Å². The molecule has 2 atom stereocenters. The predicted octanol–water partition coefficient (Wildman–Crippen LogP) is 0.648. The molecule has 102 valence electrons. The molecule has 19 heavy (non-hydrogen) atoms. The Balaban J connectivity index is 1.58. The van der Waals surface area contributed by atoms with Gasteiger partial charge < -0.3 is 15.4 Å². The summed E-state index contributed by atoms with van der Waals surface area (Å²) in [5, 5.41) is 6.31. The second-order valence-electron chi connectivity index (χ2n) is 5.28. The third-order valence-corrected chi connectivity index (χ3v) is 3.91. The minimum Gasteiger partial charge on any atom is -0.366 e. The van der Waals surface area contributed by atoms with Crippen molar-refractivity contribution in [2.45, 2.75) is 31.4 Å². The molecule has 0 spiro atoms. The first-order chi connectivity index (χ1) is 9.33. The molecular formula is C15H20N2O2. The fourth-order valence-corrected chi connectivity index (χ4v) is 2.85. The summed E-state index contributed by atoms with van der Waals surface area (Å²) >= 11 is 0. The number of morpholine rings is 1. The SMILES string of the molecule is O=C(NC1CCc2ccccc2C1)C1CNCCO1. The molecule has 0 radical (unpaired) electrons. The minimum absolute atomic E-state index is 0.0246. The summed E-state index contributed by atoms with van der Waals surface area (Å²) in [5.74, 6) is 0.0246. The summed E-state index contributed by atoms with van der Waals surface area (Å²) in [7, 11) is 0. The van der Waals surface area contributed by atoms with Crippen LogP contribution >= 0.6 is 0 Å². The Labute approximate surface area is 113 Å². The van der Waals surface area contributed by atoms with Gasteiger partial charge in [0.2, 0.25) is 0 Å². The van der Waals surface area contributed by atoms with Crippen molar-refractivity contribution in [1.82, 2.24) is 10.6 Å². The fourth-order valence-electron chi connectivity index (χ4n) is 2.85. The highest BCUT2D eigenvalue weighted by molar-refractivity contribution is 5.81. The molecule has 0 saturated carbocycles. The summed E-state index contributed by atoms with van der Waals surface area (Å²) in [4.78, 5) is 12.1. The van der Waals surface area contributed by atoms with Crippen LogP contribution in [0.3, 0.4) is 0 Å². The summed E-state index contributed by atoms with van der Waals surface area (Å²) in [5.41, 5.74) is 2.78. The van der Waals surface area contributed by atoms with Crippen LogP contribution in [-0.4, -0.2) is 37.7 Å². The molecule has 1 amide bonds. The number of carbonyl (C=O) groups is 1. The van der Waals surface area contributed by atoms with E-state index in [0.29, 0.717) is 13.2 Å². The maximum absolute atomic E-state index is 12.1. The largest absolute Gasteiger partial charge is 0.366 e.